The highest BCUT2D eigenvalue weighted by molar-refractivity contribution is 7.09. The normalized spacial score (nSPS) is 17.1. The van der Waals surface area contributed by atoms with Crippen molar-refractivity contribution in [3.8, 4) is 0 Å². The van der Waals surface area contributed by atoms with Crippen LogP contribution in [0.5, 0.6) is 0 Å². The highest BCUT2D eigenvalue weighted by atomic mass is 32.1. The van der Waals surface area contributed by atoms with Gasteiger partial charge < -0.3 is 9.84 Å². The van der Waals surface area contributed by atoms with Crippen molar-refractivity contribution in [1.82, 2.24) is 15.5 Å². The topological polar surface area (TPSA) is 51.0 Å². The monoisotopic (exact) mass is 263 g/mol. The van der Waals surface area contributed by atoms with Crippen LogP contribution in [-0.4, -0.2) is 23.2 Å². The number of piperidine rings is 1. The molecule has 96 valence electrons. The molecular formula is C13H17N3OS. The summed E-state index contributed by atoms with van der Waals surface area (Å²) in [6.07, 6.45) is 4.14. The van der Waals surface area contributed by atoms with E-state index in [9.17, 15) is 0 Å². The van der Waals surface area contributed by atoms with E-state index in [1.54, 1.807) is 11.3 Å². The maximum atomic E-state index is 5.34. The quantitative estimate of drug-likeness (QED) is 0.919. The zero-order valence-electron chi connectivity index (χ0n) is 10.3. The molecule has 1 saturated heterocycles. The predicted octanol–water partition coefficient (Wildman–Crippen LogP) is 2.26. The number of hydrogen-bond acceptors (Lipinski definition) is 5. The minimum absolute atomic E-state index is 0.696. The van der Waals surface area contributed by atoms with Crippen LogP contribution in [0.2, 0.25) is 0 Å². The molecule has 1 N–H and O–H groups in total. The number of aromatic nitrogens is 2. The summed E-state index contributed by atoms with van der Waals surface area (Å²) in [6.45, 7) is 2.22. The largest absolute Gasteiger partial charge is 0.339 e. The molecular weight excluding hydrogens is 246 g/mol. The van der Waals surface area contributed by atoms with E-state index >= 15 is 0 Å². The maximum absolute atomic E-state index is 5.34. The van der Waals surface area contributed by atoms with E-state index in [4.69, 9.17) is 4.52 Å². The molecule has 4 nitrogen and oxygen atoms in total. The van der Waals surface area contributed by atoms with Gasteiger partial charge >= 0.3 is 0 Å². The van der Waals surface area contributed by atoms with Gasteiger partial charge in [-0.3, -0.25) is 0 Å². The third-order valence-electron chi connectivity index (χ3n) is 3.34. The van der Waals surface area contributed by atoms with Crippen LogP contribution >= 0.6 is 11.3 Å². The molecule has 0 bridgehead atoms. The molecule has 0 unspecified atom stereocenters. The lowest BCUT2D eigenvalue weighted by atomic mass is 9.95. The molecule has 2 aromatic rings. The van der Waals surface area contributed by atoms with Crippen molar-refractivity contribution in [1.29, 1.82) is 0 Å². The summed E-state index contributed by atoms with van der Waals surface area (Å²) in [5.74, 6) is 2.30. The summed E-state index contributed by atoms with van der Waals surface area (Å²) in [7, 11) is 0. The summed E-state index contributed by atoms with van der Waals surface area (Å²) in [5.41, 5.74) is 0. The van der Waals surface area contributed by atoms with Crippen molar-refractivity contribution in [2.24, 2.45) is 5.92 Å². The van der Waals surface area contributed by atoms with Gasteiger partial charge in [-0.2, -0.15) is 4.98 Å². The van der Waals surface area contributed by atoms with Gasteiger partial charge in [0.15, 0.2) is 5.82 Å². The van der Waals surface area contributed by atoms with Crippen LogP contribution in [0.25, 0.3) is 0 Å². The number of nitrogens with one attached hydrogen (secondary N) is 1. The second kappa shape index (κ2) is 5.63. The number of thiophene rings is 1. The summed E-state index contributed by atoms with van der Waals surface area (Å²) in [6, 6.07) is 4.16. The molecule has 0 atom stereocenters. The predicted molar refractivity (Wildman–Crippen MR) is 70.7 cm³/mol. The van der Waals surface area contributed by atoms with Gasteiger partial charge in [-0.15, -0.1) is 11.3 Å². The first-order chi connectivity index (χ1) is 8.90. The van der Waals surface area contributed by atoms with Crippen LogP contribution in [0, 0.1) is 5.92 Å². The Balaban J connectivity index is 1.59. The van der Waals surface area contributed by atoms with E-state index in [2.05, 4.69) is 33.0 Å². The van der Waals surface area contributed by atoms with Crippen LogP contribution < -0.4 is 5.32 Å². The molecule has 1 aliphatic heterocycles. The van der Waals surface area contributed by atoms with Gasteiger partial charge in [0.05, 0.1) is 0 Å². The minimum atomic E-state index is 0.696. The van der Waals surface area contributed by atoms with Gasteiger partial charge in [-0.05, 0) is 43.3 Å². The molecule has 0 aliphatic carbocycles. The summed E-state index contributed by atoms with van der Waals surface area (Å²) in [4.78, 5) is 5.77. The Morgan fingerprint density at radius 1 is 1.39 bits per heavy atom. The molecule has 3 rings (SSSR count). The summed E-state index contributed by atoms with van der Waals surface area (Å²) < 4.78 is 5.34. The van der Waals surface area contributed by atoms with Gasteiger partial charge in [0.25, 0.3) is 0 Å². The van der Waals surface area contributed by atoms with Gasteiger partial charge in [0.1, 0.15) is 0 Å². The van der Waals surface area contributed by atoms with Gasteiger partial charge in [-0.25, -0.2) is 0 Å². The molecule has 3 heterocycles. The first kappa shape index (κ1) is 11.9. The molecule has 0 saturated carbocycles. The lowest BCUT2D eigenvalue weighted by Crippen LogP contribution is -2.28. The average molecular weight is 263 g/mol. The van der Waals surface area contributed by atoms with E-state index < -0.39 is 0 Å². The molecule has 1 fully saturated rings. The van der Waals surface area contributed by atoms with Crippen LogP contribution in [0.3, 0.4) is 0 Å². The van der Waals surface area contributed by atoms with Crippen LogP contribution in [0.15, 0.2) is 22.0 Å². The third-order valence-corrected chi connectivity index (χ3v) is 4.22. The van der Waals surface area contributed by atoms with Gasteiger partial charge in [-0.1, -0.05) is 11.2 Å². The molecule has 5 heteroatoms. The lowest BCUT2D eigenvalue weighted by molar-refractivity contribution is 0.312. The molecule has 0 spiro atoms. The third kappa shape index (κ3) is 2.97. The molecule has 0 radical (unpaired) electrons. The first-order valence-electron chi connectivity index (χ1n) is 6.45. The SMILES string of the molecule is c1csc(Cc2noc(CC3CCNCC3)n2)c1. The number of nitrogens with zero attached hydrogens (tertiary/aromatic N) is 2. The maximum Gasteiger partial charge on any atom is 0.226 e. The Kier molecular flexibility index (Phi) is 3.71. The van der Waals surface area contributed by atoms with E-state index in [1.165, 1.54) is 17.7 Å². The van der Waals surface area contributed by atoms with E-state index in [0.29, 0.717) is 5.92 Å². The molecule has 0 aromatic carbocycles. The zero-order chi connectivity index (χ0) is 12.2. The van der Waals surface area contributed by atoms with E-state index in [1.807, 2.05) is 0 Å². The summed E-state index contributed by atoms with van der Waals surface area (Å²) in [5, 5.41) is 9.51. The van der Waals surface area contributed by atoms with Crippen molar-refractivity contribution < 1.29 is 4.52 Å². The smallest absolute Gasteiger partial charge is 0.226 e. The fraction of sp³-hybridized carbons (Fsp3) is 0.538. The second-order valence-electron chi connectivity index (χ2n) is 4.76. The Bertz CT molecular complexity index is 474. The fourth-order valence-electron chi connectivity index (χ4n) is 2.35. The van der Waals surface area contributed by atoms with Gasteiger partial charge in [0, 0.05) is 17.7 Å². The molecule has 2 aromatic heterocycles. The average Bonchev–Trinajstić information content (AvgIpc) is 3.03. The Morgan fingerprint density at radius 3 is 3.06 bits per heavy atom. The Morgan fingerprint density at radius 2 is 2.28 bits per heavy atom. The summed E-state index contributed by atoms with van der Waals surface area (Å²) >= 11 is 1.73. The van der Waals surface area contributed by atoms with Crippen molar-refractivity contribution in [2.45, 2.75) is 25.7 Å². The minimum Gasteiger partial charge on any atom is -0.339 e. The lowest BCUT2D eigenvalue weighted by Gasteiger charge is -2.20. The van der Waals surface area contributed by atoms with E-state index in [-0.39, 0.29) is 0 Å². The number of hydrogen-bond donors (Lipinski definition) is 1. The molecule has 18 heavy (non-hydrogen) atoms. The highest BCUT2D eigenvalue weighted by Crippen LogP contribution is 2.18. The van der Waals surface area contributed by atoms with Crippen molar-refractivity contribution in [3.63, 3.8) is 0 Å². The fourth-order valence-corrected chi connectivity index (χ4v) is 3.05. The van der Waals surface area contributed by atoms with Crippen LogP contribution in [0.4, 0.5) is 0 Å². The number of rotatable bonds is 4. The van der Waals surface area contributed by atoms with Crippen molar-refractivity contribution in [3.05, 3.63) is 34.1 Å². The molecule has 0 amide bonds. The van der Waals surface area contributed by atoms with Crippen LogP contribution in [0.1, 0.15) is 29.4 Å². The van der Waals surface area contributed by atoms with Crippen molar-refractivity contribution in [2.75, 3.05) is 13.1 Å². The van der Waals surface area contributed by atoms with Gasteiger partial charge in [0.2, 0.25) is 5.89 Å². The van der Waals surface area contributed by atoms with Crippen LogP contribution in [-0.2, 0) is 12.8 Å². The van der Waals surface area contributed by atoms with Crippen molar-refractivity contribution >= 4 is 11.3 Å². The van der Waals surface area contributed by atoms with E-state index in [0.717, 1.165) is 37.6 Å². The zero-order valence-corrected chi connectivity index (χ0v) is 11.1. The highest BCUT2D eigenvalue weighted by Gasteiger charge is 2.17. The second-order valence-corrected chi connectivity index (χ2v) is 5.79. The first-order valence-corrected chi connectivity index (χ1v) is 7.32. The standard InChI is InChI=1S/C13H17N3OS/c1-2-11(18-7-1)9-12-15-13(17-16-12)8-10-3-5-14-6-4-10/h1-2,7,10,14H,3-6,8-9H2. The Hall–Kier alpha value is -1.20. The molecule has 1 aliphatic rings. The Labute approximate surface area is 110 Å².